The molecule has 110 valence electrons. The van der Waals surface area contributed by atoms with Crippen LogP contribution in [0.1, 0.15) is 24.0 Å². The van der Waals surface area contributed by atoms with Crippen LogP contribution >= 0.6 is 27.5 Å². The molecule has 1 fully saturated rings. The van der Waals surface area contributed by atoms with Gasteiger partial charge in [-0.05, 0) is 42.2 Å². The Hall–Kier alpha value is -1.03. The minimum absolute atomic E-state index is 0.520. The first-order valence-electron chi connectivity index (χ1n) is 7.10. The van der Waals surface area contributed by atoms with Crippen molar-refractivity contribution in [3.8, 4) is 5.75 Å². The third kappa shape index (κ3) is 4.47. The summed E-state index contributed by atoms with van der Waals surface area (Å²) in [6, 6.07) is 14.9. The average Bonchev–Trinajstić information content (AvgIpc) is 3.31. The fraction of sp³-hybridized carbons (Fsp3) is 0.294. The van der Waals surface area contributed by atoms with E-state index in [4.69, 9.17) is 16.3 Å². The summed E-state index contributed by atoms with van der Waals surface area (Å²) in [4.78, 5) is 0. The van der Waals surface area contributed by atoms with Crippen LogP contribution in [0, 0.1) is 0 Å². The molecule has 2 aromatic rings. The highest BCUT2D eigenvalue weighted by molar-refractivity contribution is 9.10. The van der Waals surface area contributed by atoms with Crippen molar-refractivity contribution in [2.24, 2.45) is 0 Å². The van der Waals surface area contributed by atoms with Crippen LogP contribution in [0.3, 0.4) is 0 Å². The molecule has 4 heteroatoms. The largest absolute Gasteiger partial charge is 0.487 e. The van der Waals surface area contributed by atoms with Crippen molar-refractivity contribution in [3.05, 3.63) is 63.1 Å². The van der Waals surface area contributed by atoms with Crippen molar-refractivity contribution in [3.63, 3.8) is 0 Å². The molecule has 0 bridgehead atoms. The summed E-state index contributed by atoms with van der Waals surface area (Å²) in [6.07, 6.45) is 2.64. The van der Waals surface area contributed by atoms with E-state index in [-0.39, 0.29) is 0 Å². The van der Waals surface area contributed by atoms with Crippen molar-refractivity contribution in [1.29, 1.82) is 0 Å². The zero-order valence-corrected chi connectivity index (χ0v) is 14.0. The molecule has 0 aliphatic heterocycles. The topological polar surface area (TPSA) is 21.3 Å². The van der Waals surface area contributed by atoms with Crippen molar-refractivity contribution in [2.45, 2.75) is 32.0 Å². The van der Waals surface area contributed by atoms with Gasteiger partial charge in [0.25, 0.3) is 0 Å². The van der Waals surface area contributed by atoms with Gasteiger partial charge in [0.15, 0.2) is 0 Å². The molecule has 0 spiro atoms. The van der Waals surface area contributed by atoms with E-state index in [9.17, 15) is 0 Å². The van der Waals surface area contributed by atoms with E-state index in [2.05, 4.69) is 45.5 Å². The van der Waals surface area contributed by atoms with Crippen LogP contribution in [0.2, 0.25) is 5.02 Å². The molecule has 0 atom stereocenters. The van der Waals surface area contributed by atoms with Crippen molar-refractivity contribution >= 4 is 27.5 Å². The number of ether oxygens (including phenoxy) is 1. The Bertz CT molecular complexity index is 611. The highest BCUT2D eigenvalue weighted by Gasteiger charge is 2.19. The number of nitrogens with one attached hydrogen (secondary N) is 1. The maximum Gasteiger partial charge on any atom is 0.139 e. The Morgan fingerprint density at radius 1 is 1.10 bits per heavy atom. The summed E-state index contributed by atoms with van der Waals surface area (Å²) in [7, 11) is 0. The van der Waals surface area contributed by atoms with E-state index in [0.29, 0.717) is 17.4 Å². The number of hydrogen-bond donors (Lipinski definition) is 1. The molecule has 0 unspecified atom stereocenters. The Labute approximate surface area is 138 Å². The highest BCUT2D eigenvalue weighted by atomic mass is 79.9. The number of hydrogen-bond acceptors (Lipinski definition) is 2. The smallest absolute Gasteiger partial charge is 0.139 e. The van der Waals surface area contributed by atoms with E-state index in [1.165, 1.54) is 18.4 Å². The lowest BCUT2D eigenvalue weighted by Gasteiger charge is -2.09. The third-order valence-electron chi connectivity index (χ3n) is 3.48. The van der Waals surface area contributed by atoms with Gasteiger partial charge in [-0.15, -0.1) is 0 Å². The van der Waals surface area contributed by atoms with Gasteiger partial charge in [0.2, 0.25) is 0 Å². The third-order valence-corrected chi connectivity index (χ3v) is 4.29. The summed E-state index contributed by atoms with van der Waals surface area (Å²) in [6.45, 7) is 1.47. The van der Waals surface area contributed by atoms with Crippen molar-refractivity contribution < 1.29 is 4.74 Å². The Balaban J connectivity index is 1.55. The molecule has 0 heterocycles. The van der Waals surface area contributed by atoms with E-state index >= 15 is 0 Å². The second-order valence-electron chi connectivity index (χ2n) is 5.34. The van der Waals surface area contributed by atoms with Gasteiger partial charge in [0.05, 0.1) is 5.02 Å². The molecule has 1 aliphatic rings. The van der Waals surface area contributed by atoms with E-state index in [1.807, 2.05) is 18.2 Å². The van der Waals surface area contributed by atoms with Crippen molar-refractivity contribution in [1.82, 2.24) is 5.32 Å². The molecule has 1 saturated carbocycles. The zero-order chi connectivity index (χ0) is 14.7. The molecular formula is C17H17BrClNO. The highest BCUT2D eigenvalue weighted by Crippen LogP contribution is 2.28. The Morgan fingerprint density at radius 2 is 1.81 bits per heavy atom. The average molecular weight is 367 g/mol. The molecule has 3 rings (SSSR count). The lowest BCUT2D eigenvalue weighted by Crippen LogP contribution is -2.15. The van der Waals surface area contributed by atoms with Gasteiger partial charge >= 0.3 is 0 Å². The minimum Gasteiger partial charge on any atom is -0.487 e. The van der Waals surface area contributed by atoms with Gasteiger partial charge in [-0.3, -0.25) is 0 Å². The summed E-state index contributed by atoms with van der Waals surface area (Å²) in [5.41, 5.74) is 2.45. The molecule has 0 radical (unpaired) electrons. The molecule has 0 amide bonds. The molecule has 0 aromatic heterocycles. The lowest BCUT2D eigenvalue weighted by atomic mass is 10.1. The zero-order valence-electron chi connectivity index (χ0n) is 11.6. The first kappa shape index (κ1) is 14.9. The lowest BCUT2D eigenvalue weighted by molar-refractivity contribution is 0.306. The molecule has 0 saturated heterocycles. The van der Waals surface area contributed by atoms with Gasteiger partial charge in [0, 0.05) is 17.1 Å². The van der Waals surface area contributed by atoms with Gasteiger partial charge in [-0.2, -0.15) is 0 Å². The number of benzene rings is 2. The number of halogens is 2. The van der Waals surface area contributed by atoms with Crippen molar-refractivity contribution in [2.75, 3.05) is 0 Å². The second-order valence-corrected chi connectivity index (χ2v) is 6.66. The van der Waals surface area contributed by atoms with Crippen LogP contribution in [-0.4, -0.2) is 6.04 Å². The molecule has 2 nitrogen and oxygen atoms in total. The summed E-state index contributed by atoms with van der Waals surface area (Å²) >= 11 is 9.53. The Morgan fingerprint density at radius 3 is 2.52 bits per heavy atom. The van der Waals surface area contributed by atoms with Gasteiger partial charge in [-0.1, -0.05) is 51.8 Å². The van der Waals surface area contributed by atoms with E-state index < -0.39 is 0 Å². The van der Waals surface area contributed by atoms with Crippen LogP contribution < -0.4 is 10.1 Å². The van der Waals surface area contributed by atoms with Crippen LogP contribution in [0.25, 0.3) is 0 Å². The maximum atomic E-state index is 6.11. The first-order chi connectivity index (χ1) is 10.2. The fourth-order valence-corrected chi connectivity index (χ4v) is 2.56. The Kier molecular flexibility index (Phi) is 4.84. The molecule has 1 N–H and O–H groups in total. The summed E-state index contributed by atoms with van der Waals surface area (Å²) < 4.78 is 6.74. The SMILES string of the molecule is Clc1ccc(Br)cc1OCc1ccc(CNC2CC2)cc1. The van der Waals surface area contributed by atoms with Crippen LogP contribution in [0.5, 0.6) is 5.75 Å². The number of rotatable bonds is 6. The van der Waals surface area contributed by atoms with Gasteiger partial charge in [-0.25, -0.2) is 0 Å². The summed E-state index contributed by atoms with van der Waals surface area (Å²) in [5, 5.41) is 4.14. The van der Waals surface area contributed by atoms with E-state index in [1.54, 1.807) is 0 Å². The van der Waals surface area contributed by atoms with Gasteiger partial charge in [0.1, 0.15) is 12.4 Å². The molecular weight excluding hydrogens is 350 g/mol. The predicted octanol–water partition coefficient (Wildman–Crippen LogP) is 4.93. The quantitative estimate of drug-likeness (QED) is 0.782. The fourth-order valence-electron chi connectivity index (χ4n) is 2.05. The predicted molar refractivity (Wildman–Crippen MR) is 89.8 cm³/mol. The molecule has 21 heavy (non-hydrogen) atoms. The standard InChI is InChI=1S/C17H17BrClNO/c18-14-5-8-16(19)17(9-14)21-11-13-3-1-12(2-4-13)10-20-15-6-7-15/h1-5,8-9,15,20H,6-7,10-11H2. The van der Waals surface area contributed by atoms with E-state index in [0.717, 1.165) is 22.6 Å². The monoisotopic (exact) mass is 365 g/mol. The first-order valence-corrected chi connectivity index (χ1v) is 8.27. The van der Waals surface area contributed by atoms with Crippen LogP contribution in [0.15, 0.2) is 46.9 Å². The second kappa shape index (κ2) is 6.82. The maximum absolute atomic E-state index is 6.11. The minimum atomic E-state index is 0.520. The van der Waals surface area contributed by atoms with Gasteiger partial charge < -0.3 is 10.1 Å². The molecule has 1 aliphatic carbocycles. The normalized spacial score (nSPS) is 14.2. The summed E-state index contributed by atoms with van der Waals surface area (Å²) in [5.74, 6) is 0.700. The van der Waals surface area contributed by atoms with Crippen LogP contribution in [0.4, 0.5) is 0 Å². The van der Waals surface area contributed by atoms with Crippen LogP contribution in [-0.2, 0) is 13.2 Å². The molecule has 2 aromatic carbocycles.